The Morgan fingerprint density at radius 2 is 1.81 bits per heavy atom. The van der Waals surface area contributed by atoms with Crippen LogP contribution in [0.15, 0.2) is 36.4 Å². The van der Waals surface area contributed by atoms with Crippen LogP contribution >= 0.6 is 58.0 Å². The fourth-order valence-electron chi connectivity index (χ4n) is 3.30. The summed E-state index contributed by atoms with van der Waals surface area (Å²) in [5, 5.41) is 6.78. The SMILES string of the molecule is CCC(=O)N1CCN(c2ccc(Cl)cc2NC(=S)NC(=O)c2cc(I)ccc2Cl)CC1. The number of piperazine rings is 1. The molecule has 2 aromatic rings. The van der Waals surface area contributed by atoms with E-state index in [1.165, 1.54) is 0 Å². The second kappa shape index (κ2) is 10.8. The lowest BCUT2D eigenvalue weighted by molar-refractivity contribution is -0.131. The van der Waals surface area contributed by atoms with E-state index in [-0.39, 0.29) is 11.0 Å². The van der Waals surface area contributed by atoms with E-state index in [0.29, 0.717) is 53.9 Å². The Labute approximate surface area is 210 Å². The van der Waals surface area contributed by atoms with Crippen molar-refractivity contribution in [3.05, 3.63) is 55.6 Å². The van der Waals surface area contributed by atoms with Crippen LogP contribution in [0.2, 0.25) is 10.0 Å². The third-order valence-corrected chi connectivity index (χ3v) is 6.32. The van der Waals surface area contributed by atoms with Crippen LogP contribution in [0.1, 0.15) is 23.7 Å². The van der Waals surface area contributed by atoms with Gasteiger partial charge in [0.1, 0.15) is 0 Å². The molecule has 0 aliphatic carbocycles. The summed E-state index contributed by atoms with van der Waals surface area (Å²) in [5.41, 5.74) is 1.93. The fourth-order valence-corrected chi connectivity index (χ4v) is 4.37. The van der Waals surface area contributed by atoms with Gasteiger partial charge in [-0.1, -0.05) is 30.1 Å². The molecule has 0 spiro atoms. The number of carbonyl (C=O) groups excluding carboxylic acids is 2. The van der Waals surface area contributed by atoms with Gasteiger partial charge in [-0.05, 0) is 71.2 Å². The van der Waals surface area contributed by atoms with Crippen molar-refractivity contribution in [2.45, 2.75) is 13.3 Å². The first-order valence-corrected chi connectivity index (χ1v) is 11.9. The van der Waals surface area contributed by atoms with Gasteiger partial charge in [0.2, 0.25) is 5.91 Å². The van der Waals surface area contributed by atoms with Crippen molar-refractivity contribution in [2.75, 3.05) is 36.4 Å². The van der Waals surface area contributed by atoms with E-state index < -0.39 is 5.91 Å². The summed E-state index contributed by atoms with van der Waals surface area (Å²) in [4.78, 5) is 28.6. The maximum Gasteiger partial charge on any atom is 0.258 e. The van der Waals surface area contributed by atoms with Gasteiger partial charge in [0, 0.05) is 41.2 Å². The third-order valence-electron chi connectivity index (χ3n) is 4.88. The molecule has 3 rings (SSSR count). The minimum atomic E-state index is -0.392. The van der Waals surface area contributed by atoms with E-state index in [2.05, 4.69) is 38.1 Å². The lowest BCUT2D eigenvalue weighted by atomic mass is 10.2. The first-order chi connectivity index (χ1) is 14.8. The number of amides is 2. The molecule has 0 bridgehead atoms. The maximum absolute atomic E-state index is 12.6. The zero-order valence-corrected chi connectivity index (χ0v) is 21.2. The van der Waals surface area contributed by atoms with Crippen LogP contribution in [0.3, 0.4) is 0 Å². The molecule has 0 radical (unpaired) electrons. The molecular weight excluding hydrogens is 570 g/mol. The van der Waals surface area contributed by atoms with Crippen LogP contribution in [-0.2, 0) is 4.79 Å². The average Bonchev–Trinajstić information content (AvgIpc) is 2.75. The molecule has 1 aliphatic heterocycles. The quantitative estimate of drug-likeness (QED) is 0.396. The topological polar surface area (TPSA) is 64.7 Å². The summed E-state index contributed by atoms with van der Waals surface area (Å²) in [6.07, 6.45) is 0.506. The lowest BCUT2D eigenvalue weighted by Crippen LogP contribution is -2.48. The molecular formula is C21H21Cl2IN4O2S. The molecule has 2 amide bonds. The van der Waals surface area contributed by atoms with Crippen molar-refractivity contribution in [2.24, 2.45) is 0 Å². The Hall–Kier alpha value is -1.62. The van der Waals surface area contributed by atoms with Gasteiger partial charge in [0.25, 0.3) is 5.91 Å². The number of carbonyl (C=O) groups is 2. The summed E-state index contributed by atoms with van der Waals surface area (Å²) in [6, 6.07) is 10.7. The van der Waals surface area contributed by atoms with Crippen LogP contribution < -0.4 is 15.5 Å². The van der Waals surface area contributed by atoms with Crippen molar-refractivity contribution in [1.29, 1.82) is 0 Å². The van der Waals surface area contributed by atoms with E-state index >= 15 is 0 Å². The molecule has 10 heteroatoms. The largest absolute Gasteiger partial charge is 0.366 e. The highest BCUT2D eigenvalue weighted by Gasteiger charge is 2.22. The van der Waals surface area contributed by atoms with Crippen LogP contribution in [0.4, 0.5) is 11.4 Å². The number of nitrogens with one attached hydrogen (secondary N) is 2. The molecule has 164 valence electrons. The smallest absolute Gasteiger partial charge is 0.258 e. The number of anilines is 2. The van der Waals surface area contributed by atoms with Crippen molar-refractivity contribution in [3.63, 3.8) is 0 Å². The maximum atomic E-state index is 12.6. The molecule has 1 heterocycles. The Bertz CT molecular complexity index is 1010. The van der Waals surface area contributed by atoms with Crippen LogP contribution in [-0.4, -0.2) is 48.0 Å². The molecule has 0 unspecified atom stereocenters. The number of rotatable bonds is 4. The molecule has 1 fully saturated rings. The number of nitrogens with zero attached hydrogens (tertiary/aromatic N) is 2. The zero-order valence-electron chi connectivity index (χ0n) is 16.8. The van der Waals surface area contributed by atoms with E-state index in [1.807, 2.05) is 24.0 Å². The Balaban J connectivity index is 1.71. The molecule has 0 saturated carbocycles. The second-order valence-corrected chi connectivity index (χ2v) is 9.41. The summed E-state index contributed by atoms with van der Waals surface area (Å²) in [7, 11) is 0. The average molecular weight is 591 g/mol. The number of hydrogen-bond acceptors (Lipinski definition) is 4. The van der Waals surface area contributed by atoms with Crippen LogP contribution in [0, 0.1) is 3.57 Å². The van der Waals surface area contributed by atoms with E-state index in [9.17, 15) is 9.59 Å². The predicted molar refractivity (Wildman–Crippen MR) is 138 cm³/mol. The van der Waals surface area contributed by atoms with Crippen molar-refractivity contribution in [1.82, 2.24) is 10.2 Å². The van der Waals surface area contributed by atoms with Gasteiger partial charge in [0.05, 0.1) is 22.0 Å². The highest BCUT2D eigenvalue weighted by atomic mass is 127. The van der Waals surface area contributed by atoms with Gasteiger partial charge in [-0.3, -0.25) is 14.9 Å². The van der Waals surface area contributed by atoms with Gasteiger partial charge in [0.15, 0.2) is 5.11 Å². The minimum absolute atomic E-state index is 0.142. The Morgan fingerprint density at radius 3 is 2.48 bits per heavy atom. The lowest BCUT2D eigenvalue weighted by Gasteiger charge is -2.37. The standard InChI is InChI=1S/C21H21Cl2IN4O2S/c1-2-19(29)28-9-7-27(8-10-28)18-6-3-13(22)11-17(18)25-21(31)26-20(30)15-12-14(24)4-5-16(15)23/h3-6,11-12H,2,7-10H2,1H3,(H2,25,26,30,31). The molecule has 1 saturated heterocycles. The fraction of sp³-hybridized carbons (Fsp3) is 0.286. The molecule has 0 atom stereocenters. The Kier molecular flexibility index (Phi) is 8.37. The molecule has 6 nitrogen and oxygen atoms in total. The van der Waals surface area contributed by atoms with Gasteiger partial charge in [-0.25, -0.2) is 0 Å². The Morgan fingerprint density at radius 1 is 1.10 bits per heavy atom. The van der Waals surface area contributed by atoms with Crippen LogP contribution in [0.25, 0.3) is 0 Å². The number of halogens is 3. The number of thiocarbonyl (C=S) groups is 1. The molecule has 31 heavy (non-hydrogen) atoms. The van der Waals surface area contributed by atoms with E-state index in [1.54, 1.807) is 24.3 Å². The van der Waals surface area contributed by atoms with Gasteiger partial charge < -0.3 is 15.1 Å². The summed E-state index contributed by atoms with van der Waals surface area (Å²) < 4.78 is 0.892. The highest BCUT2D eigenvalue weighted by molar-refractivity contribution is 14.1. The number of hydrogen-bond donors (Lipinski definition) is 2. The number of benzene rings is 2. The molecule has 2 aromatic carbocycles. The summed E-state index contributed by atoms with van der Waals surface area (Å²) in [5.74, 6) is -0.233. The van der Waals surface area contributed by atoms with Gasteiger partial charge in [-0.15, -0.1) is 0 Å². The van der Waals surface area contributed by atoms with Crippen molar-refractivity contribution < 1.29 is 9.59 Å². The van der Waals surface area contributed by atoms with Crippen molar-refractivity contribution in [3.8, 4) is 0 Å². The first-order valence-electron chi connectivity index (χ1n) is 9.68. The van der Waals surface area contributed by atoms with Crippen molar-refractivity contribution >= 4 is 86.3 Å². The monoisotopic (exact) mass is 590 g/mol. The molecule has 2 N–H and O–H groups in total. The second-order valence-electron chi connectivity index (χ2n) is 6.92. The predicted octanol–water partition coefficient (Wildman–Crippen LogP) is 4.78. The molecule has 0 aromatic heterocycles. The van der Waals surface area contributed by atoms with Gasteiger partial charge in [-0.2, -0.15) is 0 Å². The van der Waals surface area contributed by atoms with E-state index in [0.717, 1.165) is 9.26 Å². The summed E-state index contributed by atoms with van der Waals surface area (Å²) in [6.45, 7) is 4.56. The van der Waals surface area contributed by atoms with Crippen LogP contribution in [0.5, 0.6) is 0 Å². The van der Waals surface area contributed by atoms with E-state index in [4.69, 9.17) is 35.4 Å². The highest BCUT2D eigenvalue weighted by Crippen LogP contribution is 2.30. The van der Waals surface area contributed by atoms with Gasteiger partial charge >= 0.3 is 0 Å². The minimum Gasteiger partial charge on any atom is -0.366 e. The molecule has 1 aliphatic rings. The normalized spacial score (nSPS) is 13.7. The zero-order chi connectivity index (χ0) is 22.5. The first kappa shape index (κ1) is 24.0. The third kappa shape index (κ3) is 6.21. The summed E-state index contributed by atoms with van der Waals surface area (Å²) >= 11 is 19.8.